The van der Waals surface area contributed by atoms with Gasteiger partial charge in [-0.3, -0.25) is 0 Å². The summed E-state index contributed by atoms with van der Waals surface area (Å²) in [5.41, 5.74) is 6.73. The number of halogens is 1. The van der Waals surface area contributed by atoms with E-state index in [2.05, 4.69) is 5.16 Å². The first-order chi connectivity index (χ1) is 12.5. The van der Waals surface area contributed by atoms with E-state index >= 15 is 0 Å². The van der Waals surface area contributed by atoms with Crippen molar-refractivity contribution in [1.82, 2.24) is 0 Å². The Hall–Kier alpha value is -2.15. The van der Waals surface area contributed by atoms with Crippen LogP contribution in [-0.4, -0.2) is 17.9 Å². The number of amides is 1. The normalized spacial score (nSPS) is 17.7. The number of oxime groups is 1. The van der Waals surface area contributed by atoms with Crippen molar-refractivity contribution in [2.45, 2.75) is 58.7 Å². The zero-order chi connectivity index (χ0) is 18.9. The first kappa shape index (κ1) is 20.2. The van der Waals surface area contributed by atoms with Gasteiger partial charge in [0.15, 0.2) is 0 Å². The molecule has 0 radical (unpaired) electrons. The third kappa shape index (κ3) is 6.63. The van der Waals surface area contributed by atoms with Crippen molar-refractivity contribution >= 4 is 11.8 Å². The number of carbonyl (C=O) groups is 1. The lowest BCUT2D eigenvalue weighted by Crippen LogP contribution is -2.31. The van der Waals surface area contributed by atoms with Crippen molar-refractivity contribution < 1.29 is 23.8 Å². The van der Waals surface area contributed by atoms with Gasteiger partial charge in [-0.05, 0) is 49.8 Å². The van der Waals surface area contributed by atoms with Gasteiger partial charge in [-0.1, -0.05) is 37.1 Å². The van der Waals surface area contributed by atoms with Crippen LogP contribution in [0.3, 0.4) is 0 Å². The summed E-state index contributed by atoms with van der Waals surface area (Å²) in [6.45, 7) is 4.00. The number of primary amides is 1. The summed E-state index contributed by atoms with van der Waals surface area (Å²) in [5.74, 6) is 0.107. The molecule has 1 fully saturated rings. The molecule has 2 N–H and O–H groups in total. The number of hydrogen-bond acceptors (Lipinski definition) is 5. The standard InChI is InChI=1S/C19H27FN2O4/c1-13(11-18(25-19(21)23)16-5-3-4-6-16)14(2)22-26-24-12-15-7-9-17(20)10-8-15/h7-10,13,16,18H,3-6,11-12H2,1-2H3,(H2,21,23)/b22-14+/t13-,18+/m0/s1. The van der Waals surface area contributed by atoms with Gasteiger partial charge < -0.3 is 10.5 Å². The first-order valence-corrected chi connectivity index (χ1v) is 8.99. The number of nitrogens with zero attached hydrogens (tertiary/aromatic N) is 1. The van der Waals surface area contributed by atoms with Crippen molar-refractivity contribution in [3.63, 3.8) is 0 Å². The van der Waals surface area contributed by atoms with Crippen LogP contribution in [0.25, 0.3) is 0 Å². The number of rotatable bonds is 9. The van der Waals surface area contributed by atoms with Crippen LogP contribution in [0.1, 0.15) is 51.5 Å². The second kappa shape index (κ2) is 10.1. The molecule has 1 aliphatic rings. The van der Waals surface area contributed by atoms with Crippen LogP contribution in [0.15, 0.2) is 29.4 Å². The molecule has 1 aliphatic carbocycles. The summed E-state index contributed by atoms with van der Waals surface area (Å²) in [5, 5.41) is 3.96. The molecule has 2 rings (SSSR count). The van der Waals surface area contributed by atoms with Crippen molar-refractivity contribution in [3.8, 4) is 0 Å². The van der Waals surface area contributed by atoms with Crippen LogP contribution >= 0.6 is 0 Å². The minimum Gasteiger partial charge on any atom is -0.446 e. The highest BCUT2D eigenvalue weighted by molar-refractivity contribution is 5.83. The molecular formula is C19H27FN2O4. The Bertz CT molecular complexity index is 600. The molecule has 0 aromatic heterocycles. The second-order valence-electron chi connectivity index (χ2n) is 6.85. The maximum Gasteiger partial charge on any atom is 0.404 e. The number of hydrogen-bond donors (Lipinski definition) is 1. The number of ether oxygens (including phenoxy) is 1. The smallest absolute Gasteiger partial charge is 0.404 e. The Balaban J connectivity index is 1.79. The van der Waals surface area contributed by atoms with Crippen LogP contribution < -0.4 is 5.73 Å². The Morgan fingerprint density at radius 1 is 1.31 bits per heavy atom. The monoisotopic (exact) mass is 366 g/mol. The van der Waals surface area contributed by atoms with E-state index in [1.165, 1.54) is 12.1 Å². The van der Waals surface area contributed by atoms with Crippen LogP contribution in [0.5, 0.6) is 0 Å². The van der Waals surface area contributed by atoms with Crippen molar-refractivity contribution in [2.24, 2.45) is 22.7 Å². The van der Waals surface area contributed by atoms with E-state index in [0.29, 0.717) is 12.3 Å². The van der Waals surface area contributed by atoms with Gasteiger partial charge in [0, 0.05) is 5.92 Å². The first-order valence-electron chi connectivity index (χ1n) is 8.99. The highest BCUT2D eigenvalue weighted by Crippen LogP contribution is 2.32. The fourth-order valence-electron chi connectivity index (χ4n) is 3.18. The lowest BCUT2D eigenvalue weighted by atomic mass is 9.90. The molecule has 1 amide bonds. The van der Waals surface area contributed by atoms with Gasteiger partial charge >= 0.3 is 6.09 Å². The molecule has 0 bridgehead atoms. The Labute approximate surface area is 153 Å². The van der Waals surface area contributed by atoms with Gasteiger partial charge in [-0.2, -0.15) is 4.89 Å². The maximum atomic E-state index is 12.8. The van der Waals surface area contributed by atoms with Crippen molar-refractivity contribution in [2.75, 3.05) is 0 Å². The highest BCUT2D eigenvalue weighted by atomic mass is 19.1. The van der Waals surface area contributed by atoms with Gasteiger partial charge in [0.05, 0.1) is 5.71 Å². The fourth-order valence-corrected chi connectivity index (χ4v) is 3.18. The average molecular weight is 366 g/mol. The number of carbonyl (C=O) groups excluding carboxylic acids is 1. The number of nitrogens with two attached hydrogens (primary N) is 1. The van der Waals surface area contributed by atoms with Gasteiger partial charge in [0.1, 0.15) is 18.5 Å². The lowest BCUT2D eigenvalue weighted by Gasteiger charge is -2.25. The second-order valence-corrected chi connectivity index (χ2v) is 6.85. The minimum absolute atomic E-state index is 0.0503. The summed E-state index contributed by atoms with van der Waals surface area (Å²) in [4.78, 5) is 21.1. The Kier molecular flexibility index (Phi) is 7.84. The van der Waals surface area contributed by atoms with Crippen molar-refractivity contribution in [1.29, 1.82) is 0 Å². The van der Waals surface area contributed by atoms with E-state index in [1.807, 2.05) is 13.8 Å². The summed E-state index contributed by atoms with van der Waals surface area (Å²) < 4.78 is 18.2. The zero-order valence-corrected chi connectivity index (χ0v) is 15.3. The SMILES string of the molecule is C/C(=N\OOCc1ccc(F)cc1)[C@@H](C)C[C@@H](OC(N)=O)C1CCCC1. The van der Waals surface area contributed by atoms with Crippen LogP contribution in [0.2, 0.25) is 0 Å². The third-order valence-corrected chi connectivity index (χ3v) is 4.87. The third-order valence-electron chi connectivity index (χ3n) is 4.87. The molecule has 0 unspecified atom stereocenters. The molecular weight excluding hydrogens is 339 g/mol. The van der Waals surface area contributed by atoms with Crippen molar-refractivity contribution in [3.05, 3.63) is 35.6 Å². The predicted molar refractivity (Wildman–Crippen MR) is 95.6 cm³/mol. The van der Waals surface area contributed by atoms with Gasteiger partial charge in [0.25, 0.3) is 0 Å². The van der Waals surface area contributed by atoms with E-state index in [4.69, 9.17) is 20.3 Å². The van der Waals surface area contributed by atoms with E-state index in [1.54, 1.807) is 12.1 Å². The molecule has 7 heteroatoms. The molecule has 6 nitrogen and oxygen atoms in total. The molecule has 2 atom stereocenters. The maximum absolute atomic E-state index is 12.8. The molecule has 1 aromatic rings. The summed E-state index contributed by atoms with van der Waals surface area (Å²) in [7, 11) is 0. The largest absolute Gasteiger partial charge is 0.446 e. The Morgan fingerprint density at radius 2 is 1.96 bits per heavy atom. The highest BCUT2D eigenvalue weighted by Gasteiger charge is 2.29. The van der Waals surface area contributed by atoms with Gasteiger partial charge in [-0.15, -0.1) is 0 Å². The molecule has 0 spiro atoms. The molecule has 0 aliphatic heterocycles. The molecule has 0 saturated heterocycles. The molecule has 1 aromatic carbocycles. The van der Waals surface area contributed by atoms with E-state index in [-0.39, 0.29) is 24.4 Å². The van der Waals surface area contributed by atoms with Gasteiger partial charge in [0.2, 0.25) is 0 Å². The molecule has 26 heavy (non-hydrogen) atoms. The lowest BCUT2D eigenvalue weighted by molar-refractivity contribution is -0.305. The summed E-state index contributed by atoms with van der Waals surface area (Å²) in [6.07, 6.45) is 4.13. The van der Waals surface area contributed by atoms with Crippen LogP contribution in [-0.2, 0) is 21.2 Å². The predicted octanol–water partition coefficient (Wildman–Crippen LogP) is 4.33. The fraction of sp³-hybridized carbons (Fsp3) is 0.579. The van der Waals surface area contributed by atoms with Crippen LogP contribution in [0, 0.1) is 17.7 Å². The number of benzene rings is 1. The summed E-state index contributed by atoms with van der Waals surface area (Å²) in [6, 6.07) is 5.95. The van der Waals surface area contributed by atoms with Gasteiger partial charge in [-0.25, -0.2) is 14.2 Å². The Morgan fingerprint density at radius 3 is 2.58 bits per heavy atom. The topological polar surface area (TPSA) is 83.1 Å². The zero-order valence-electron chi connectivity index (χ0n) is 15.3. The minimum atomic E-state index is -0.734. The van der Waals surface area contributed by atoms with E-state index < -0.39 is 6.09 Å². The van der Waals surface area contributed by atoms with E-state index in [9.17, 15) is 9.18 Å². The molecule has 1 saturated carbocycles. The molecule has 144 valence electrons. The quantitative estimate of drug-likeness (QED) is 0.305. The van der Waals surface area contributed by atoms with E-state index in [0.717, 1.165) is 37.0 Å². The molecule has 0 heterocycles. The average Bonchev–Trinajstić information content (AvgIpc) is 3.13. The van der Waals surface area contributed by atoms with Crippen LogP contribution in [0.4, 0.5) is 9.18 Å². The summed E-state index contributed by atoms with van der Waals surface area (Å²) >= 11 is 0.